The minimum absolute atomic E-state index is 1.06. The number of rotatable bonds is 0. The molecule has 0 saturated carbocycles. The van der Waals surface area contributed by atoms with Crippen LogP contribution < -0.4 is 0 Å². The topological polar surface area (TPSA) is 62.5 Å². The first kappa shape index (κ1) is 11.0. The van der Waals surface area contributed by atoms with Crippen LogP contribution in [0.4, 0.5) is 0 Å². The second-order valence-corrected chi connectivity index (χ2v) is 3.46. The zero-order chi connectivity index (χ0) is 12.1. The third kappa shape index (κ3) is 2.36. The molecule has 0 fully saturated rings. The first-order valence-electron chi connectivity index (χ1n) is 5.06. The number of pyridine rings is 1. The Morgan fingerprint density at radius 3 is 1.76 bits per heavy atom. The molecule has 0 bridgehead atoms. The van der Waals surface area contributed by atoms with Crippen molar-refractivity contribution < 1.29 is 5.21 Å². The fourth-order valence-corrected chi connectivity index (χ4v) is 1.72. The van der Waals surface area contributed by atoms with Crippen LogP contribution in [0.15, 0.2) is 59.9 Å². The van der Waals surface area contributed by atoms with Crippen LogP contribution in [0.25, 0.3) is 21.8 Å². The molecular formula is C13H10N2O2. The third-order valence-corrected chi connectivity index (χ3v) is 2.43. The molecule has 4 nitrogen and oxygen atoms in total. The van der Waals surface area contributed by atoms with E-state index < -0.39 is 0 Å². The van der Waals surface area contributed by atoms with Gasteiger partial charge in [0, 0.05) is 10.8 Å². The van der Waals surface area contributed by atoms with E-state index in [2.05, 4.69) is 23.2 Å². The standard InChI is InChI=1S/C13H9N.HNO2/c1-3-7-12-10(5-1)9-11-6-2-4-8-13(11)14-12;2-1-3/h1-9H;(H,2,3). The summed E-state index contributed by atoms with van der Waals surface area (Å²) >= 11 is 0. The van der Waals surface area contributed by atoms with Crippen LogP contribution in [0.1, 0.15) is 0 Å². The van der Waals surface area contributed by atoms with Crippen molar-refractivity contribution in [1.82, 2.24) is 4.98 Å². The van der Waals surface area contributed by atoms with E-state index in [1.54, 1.807) is 0 Å². The summed E-state index contributed by atoms with van der Waals surface area (Å²) in [6.07, 6.45) is 0. The number of fused-ring (bicyclic) bond motifs is 2. The van der Waals surface area contributed by atoms with Gasteiger partial charge in [0.2, 0.25) is 0 Å². The lowest BCUT2D eigenvalue weighted by molar-refractivity contribution is 0.312. The Kier molecular flexibility index (Phi) is 3.25. The number of benzene rings is 2. The molecule has 0 amide bonds. The van der Waals surface area contributed by atoms with Crippen LogP contribution in [-0.4, -0.2) is 10.2 Å². The van der Waals surface area contributed by atoms with Gasteiger partial charge in [0.15, 0.2) is 5.34 Å². The molecule has 0 spiro atoms. The zero-order valence-corrected chi connectivity index (χ0v) is 8.95. The van der Waals surface area contributed by atoms with Gasteiger partial charge in [-0.3, -0.25) is 0 Å². The van der Waals surface area contributed by atoms with Gasteiger partial charge in [0.05, 0.1) is 11.0 Å². The summed E-state index contributed by atoms with van der Waals surface area (Å²) in [4.78, 5) is 12.7. The highest BCUT2D eigenvalue weighted by atomic mass is 16.6. The molecule has 1 N–H and O–H groups in total. The predicted molar refractivity (Wildman–Crippen MR) is 66.8 cm³/mol. The maximum Gasteiger partial charge on any atom is 0.152 e. The molecule has 1 heterocycles. The van der Waals surface area contributed by atoms with E-state index in [1.165, 1.54) is 16.1 Å². The van der Waals surface area contributed by atoms with Crippen molar-refractivity contribution >= 4 is 21.8 Å². The largest absolute Gasteiger partial charge is 0.379 e. The summed E-state index contributed by atoms with van der Waals surface area (Å²) in [6.45, 7) is 0. The average molecular weight is 226 g/mol. The molecular weight excluding hydrogens is 216 g/mol. The van der Waals surface area contributed by atoms with Crippen molar-refractivity contribution in [3.05, 3.63) is 59.5 Å². The van der Waals surface area contributed by atoms with Crippen LogP contribution in [0.5, 0.6) is 0 Å². The van der Waals surface area contributed by atoms with E-state index in [0.29, 0.717) is 0 Å². The Bertz CT molecular complexity index is 548. The summed E-state index contributed by atoms with van der Waals surface area (Å²) < 4.78 is 0. The van der Waals surface area contributed by atoms with E-state index in [4.69, 9.17) is 10.1 Å². The second kappa shape index (κ2) is 5.03. The minimum atomic E-state index is 1.06. The lowest BCUT2D eigenvalue weighted by Crippen LogP contribution is -1.80. The highest BCUT2D eigenvalue weighted by molar-refractivity contribution is 5.92. The third-order valence-electron chi connectivity index (χ3n) is 2.43. The number of hydrogen-bond acceptors (Lipinski definition) is 3. The monoisotopic (exact) mass is 226 g/mol. The Morgan fingerprint density at radius 1 is 0.882 bits per heavy atom. The van der Waals surface area contributed by atoms with Crippen LogP contribution in [0, 0.1) is 4.91 Å². The van der Waals surface area contributed by atoms with Crippen LogP contribution >= 0.6 is 0 Å². The lowest BCUT2D eigenvalue weighted by atomic mass is 10.1. The fraction of sp³-hybridized carbons (Fsp3) is 0. The molecule has 0 aliphatic carbocycles. The van der Waals surface area contributed by atoms with Crippen LogP contribution in [0.3, 0.4) is 0 Å². The molecule has 0 aliphatic heterocycles. The molecule has 0 aliphatic rings. The summed E-state index contributed by atoms with van der Waals surface area (Å²) in [5, 5.41) is 10.3. The van der Waals surface area contributed by atoms with Gasteiger partial charge in [-0.15, -0.1) is 4.91 Å². The van der Waals surface area contributed by atoms with Crippen LogP contribution in [0.2, 0.25) is 0 Å². The van der Waals surface area contributed by atoms with Gasteiger partial charge in [0.1, 0.15) is 0 Å². The van der Waals surface area contributed by atoms with Gasteiger partial charge in [0.25, 0.3) is 0 Å². The van der Waals surface area contributed by atoms with Crippen molar-refractivity contribution in [2.75, 3.05) is 0 Å². The highest BCUT2D eigenvalue weighted by Crippen LogP contribution is 2.18. The van der Waals surface area contributed by atoms with Crippen molar-refractivity contribution in [3.8, 4) is 0 Å². The quantitative estimate of drug-likeness (QED) is 0.362. The van der Waals surface area contributed by atoms with E-state index >= 15 is 0 Å². The van der Waals surface area contributed by atoms with Gasteiger partial charge in [-0.25, -0.2) is 4.98 Å². The Balaban J connectivity index is 0.000000329. The number of nitrogens with zero attached hydrogens (tertiary/aromatic N) is 2. The van der Waals surface area contributed by atoms with Crippen molar-refractivity contribution in [2.45, 2.75) is 0 Å². The fourth-order valence-electron chi connectivity index (χ4n) is 1.72. The molecule has 84 valence electrons. The highest BCUT2D eigenvalue weighted by Gasteiger charge is 1.96. The predicted octanol–water partition coefficient (Wildman–Crippen LogP) is 3.53. The molecule has 0 unspecified atom stereocenters. The molecule has 1 aromatic heterocycles. The molecule has 0 atom stereocenters. The summed E-state index contributed by atoms with van der Waals surface area (Å²) in [7, 11) is 0. The number of para-hydroxylation sites is 2. The van der Waals surface area contributed by atoms with Crippen LogP contribution in [-0.2, 0) is 0 Å². The molecule has 3 rings (SSSR count). The van der Waals surface area contributed by atoms with E-state index in [1.807, 2.05) is 36.4 Å². The Morgan fingerprint density at radius 2 is 1.29 bits per heavy atom. The summed E-state index contributed by atoms with van der Waals surface area (Å²) in [5.41, 5.74) is 2.12. The number of aromatic nitrogens is 1. The van der Waals surface area contributed by atoms with Gasteiger partial charge >= 0.3 is 0 Å². The maximum absolute atomic E-state index is 8.11. The molecule has 4 heteroatoms. The van der Waals surface area contributed by atoms with E-state index in [9.17, 15) is 0 Å². The summed E-state index contributed by atoms with van der Waals surface area (Å²) in [5.74, 6) is 0. The molecule has 2 aromatic carbocycles. The second-order valence-electron chi connectivity index (χ2n) is 3.46. The first-order chi connectivity index (χ1) is 8.35. The van der Waals surface area contributed by atoms with Gasteiger partial charge in [-0.2, -0.15) is 0 Å². The molecule has 0 saturated heterocycles. The van der Waals surface area contributed by atoms with Crippen molar-refractivity contribution in [1.29, 1.82) is 0 Å². The lowest BCUT2D eigenvalue weighted by Gasteiger charge is -1.99. The Hall–Kier alpha value is -2.49. The first-order valence-corrected chi connectivity index (χ1v) is 5.06. The SMILES string of the molecule is O=NO.c1ccc2nc3ccccc3cc2c1. The smallest absolute Gasteiger partial charge is 0.152 e. The zero-order valence-electron chi connectivity index (χ0n) is 8.95. The molecule has 0 radical (unpaired) electrons. The van der Waals surface area contributed by atoms with Crippen molar-refractivity contribution in [2.24, 2.45) is 5.34 Å². The van der Waals surface area contributed by atoms with Crippen molar-refractivity contribution in [3.63, 3.8) is 0 Å². The normalized spacial score (nSPS) is 9.65. The van der Waals surface area contributed by atoms with E-state index in [0.717, 1.165) is 11.0 Å². The summed E-state index contributed by atoms with van der Waals surface area (Å²) in [6, 6.07) is 18.6. The molecule has 3 aromatic rings. The number of hydrogen-bond donors (Lipinski definition) is 1. The Labute approximate surface area is 97.5 Å². The van der Waals surface area contributed by atoms with E-state index in [-0.39, 0.29) is 0 Å². The van der Waals surface area contributed by atoms with Gasteiger partial charge in [-0.1, -0.05) is 36.4 Å². The van der Waals surface area contributed by atoms with Gasteiger partial charge < -0.3 is 5.21 Å². The maximum atomic E-state index is 8.11. The average Bonchev–Trinajstić information content (AvgIpc) is 2.37. The molecule has 17 heavy (non-hydrogen) atoms. The minimum Gasteiger partial charge on any atom is -0.379 e. The van der Waals surface area contributed by atoms with Gasteiger partial charge in [-0.05, 0) is 18.2 Å².